The zero-order valence-corrected chi connectivity index (χ0v) is 24.7. The van der Waals surface area contributed by atoms with Crippen molar-refractivity contribution in [1.29, 1.82) is 0 Å². The summed E-state index contributed by atoms with van der Waals surface area (Å²) in [5.41, 5.74) is 3.40. The van der Waals surface area contributed by atoms with Crippen molar-refractivity contribution in [3.8, 4) is 0 Å². The molecule has 2 aromatic heterocycles. The quantitative estimate of drug-likeness (QED) is 0.208. The van der Waals surface area contributed by atoms with Gasteiger partial charge in [0.05, 0.1) is 12.9 Å². The largest absolute Gasteiger partial charge is 0.394 e. The lowest BCUT2D eigenvalue weighted by molar-refractivity contribution is -0.0511. The number of benzene rings is 2. The van der Waals surface area contributed by atoms with Crippen LogP contribution in [0.2, 0.25) is 0 Å². The molecule has 0 radical (unpaired) electrons. The number of aliphatic hydroxyl groups is 3. The number of rotatable bonds is 11. The van der Waals surface area contributed by atoms with Gasteiger partial charge in [0, 0.05) is 31.6 Å². The Morgan fingerprint density at radius 2 is 1.65 bits per heavy atom. The first-order valence-electron chi connectivity index (χ1n) is 15.2. The van der Waals surface area contributed by atoms with E-state index in [-0.39, 0.29) is 5.92 Å². The van der Waals surface area contributed by atoms with Crippen LogP contribution in [0.15, 0.2) is 67.0 Å². The molecule has 2 aromatic carbocycles. The van der Waals surface area contributed by atoms with Gasteiger partial charge in [-0.1, -0.05) is 74.5 Å². The highest BCUT2D eigenvalue weighted by molar-refractivity contribution is 5.84. The third-order valence-electron chi connectivity index (χ3n) is 8.85. The molecule has 6 rings (SSSR count). The van der Waals surface area contributed by atoms with E-state index in [1.165, 1.54) is 11.1 Å². The van der Waals surface area contributed by atoms with E-state index in [2.05, 4.69) is 82.5 Å². The van der Waals surface area contributed by atoms with Crippen molar-refractivity contribution in [2.24, 2.45) is 0 Å². The summed E-state index contributed by atoms with van der Waals surface area (Å²) < 4.78 is 7.49. The standard InChI is InChI=1S/C32H41N7O4/c1-3-37(4-2)23-15-16-38(18-23)32-35-29(33-17-24(21-11-7-5-8-12-21)22-13-9-6-10-14-22)26-30(36-32)39(20-34-26)31-28(42)27(41)25(19-40)43-31/h5-14,20,23-25,27-28,31,40-42H,3-4,15-19H2,1-2H3,(H,33,35,36)/t23?,25-,27-,28-,31-/m1/s1. The van der Waals surface area contributed by atoms with E-state index >= 15 is 0 Å². The Kier molecular flexibility index (Phi) is 8.87. The molecule has 0 aliphatic carbocycles. The summed E-state index contributed by atoms with van der Waals surface area (Å²) in [6.45, 7) is 8.15. The van der Waals surface area contributed by atoms with Gasteiger partial charge in [0.2, 0.25) is 5.95 Å². The fourth-order valence-electron chi connectivity index (χ4n) is 6.42. The highest BCUT2D eigenvalue weighted by atomic mass is 16.6. The minimum absolute atomic E-state index is 0.0669. The molecule has 43 heavy (non-hydrogen) atoms. The highest BCUT2D eigenvalue weighted by Gasteiger charge is 2.44. The summed E-state index contributed by atoms with van der Waals surface area (Å²) in [5.74, 6) is 1.24. The van der Waals surface area contributed by atoms with Crippen LogP contribution in [0.25, 0.3) is 11.2 Å². The summed E-state index contributed by atoms with van der Waals surface area (Å²) in [6, 6.07) is 21.2. The first-order chi connectivity index (χ1) is 21.0. The predicted octanol–water partition coefficient (Wildman–Crippen LogP) is 2.60. The van der Waals surface area contributed by atoms with Crippen LogP contribution < -0.4 is 10.2 Å². The smallest absolute Gasteiger partial charge is 0.229 e. The summed E-state index contributed by atoms with van der Waals surface area (Å²) in [5, 5.41) is 34.5. The molecule has 228 valence electrons. The first kappa shape index (κ1) is 29.5. The van der Waals surface area contributed by atoms with Crippen LogP contribution >= 0.6 is 0 Å². The van der Waals surface area contributed by atoms with Crippen molar-refractivity contribution in [3.63, 3.8) is 0 Å². The average Bonchev–Trinajstić information content (AvgIpc) is 3.77. The Bertz CT molecular complexity index is 1440. The maximum Gasteiger partial charge on any atom is 0.229 e. The molecule has 0 bridgehead atoms. The zero-order valence-electron chi connectivity index (χ0n) is 24.7. The van der Waals surface area contributed by atoms with E-state index in [0.717, 1.165) is 32.6 Å². The molecule has 5 atom stereocenters. The van der Waals surface area contributed by atoms with E-state index in [9.17, 15) is 15.3 Å². The van der Waals surface area contributed by atoms with Crippen molar-refractivity contribution in [1.82, 2.24) is 24.4 Å². The normalized spacial score (nSPS) is 24.1. The molecule has 2 saturated heterocycles. The van der Waals surface area contributed by atoms with Crippen molar-refractivity contribution in [2.45, 2.75) is 56.8 Å². The minimum Gasteiger partial charge on any atom is -0.394 e. The summed E-state index contributed by atoms with van der Waals surface area (Å²) >= 11 is 0. The van der Waals surface area contributed by atoms with Gasteiger partial charge < -0.3 is 30.3 Å². The van der Waals surface area contributed by atoms with Gasteiger partial charge in [-0.25, -0.2) is 4.98 Å². The van der Waals surface area contributed by atoms with Crippen LogP contribution in [0, 0.1) is 0 Å². The van der Waals surface area contributed by atoms with Crippen LogP contribution in [0.3, 0.4) is 0 Å². The number of ether oxygens (including phenoxy) is 1. The minimum atomic E-state index is -1.25. The monoisotopic (exact) mass is 587 g/mol. The van der Waals surface area contributed by atoms with E-state index < -0.39 is 31.1 Å². The van der Waals surface area contributed by atoms with Crippen molar-refractivity contribution in [2.75, 3.05) is 49.5 Å². The number of aromatic nitrogens is 4. The molecule has 4 heterocycles. The lowest BCUT2D eigenvalue weighted by Crippen LogP contribution is -2.37. The van der Waals surface area contributed by atoms with Crippen molar-refractivity contribution in [3.05, 3.63) is 78.1 Å². The Balaban J connectivity index is 1.37. The number of likely N-dealkylation sites (N-methyl/N-ethyl adjacent to an activating group) is 1. The Labute approximate surface area is 251 Å². The molecule has 2 aliphatic heterocycles. The molecule has 2 aliphatic rings. The Hall–Kier alpha value is -3.61. The summed E-state index contributed by atoms with van der Waals surface area (Å²) in [7, 11) is 0. The lowest BCUT2D eigenvalue weighted by Gasteiger charge is -2.26. The number of nitrogens with one attached hydrogen (secondary N) is 1. The van der Waals surface area contributed by atoms with E-state index in [1.54, 1.807) is 10.9 Å². The van der Waals surface area contributed by atoms with Gasteiger partial charge in [-0.3, -0.25) is 9.47 Å². The molecule has 1 unspecified atom stereocenters. The van der Waals surface area contributed by atoms with Gasteiger partial charge in [0.15, 0.2) is 23.2 Å². The number of imidazole rings is 1. The van der Waals surface area contributed by atoms with Gasteiger partial charge in [0.1, 0.15) is 18.3 Å². The number of aliphatic hydroxyl groups excluding tert-OH is 3. The molecule has 4 N–H and O–H groups in total. The Morgan fingerprint density at radius 3 is 2.26 bits per heavy atom. The zero-order chi connectivity index (χ0) is 29.9. The SMILES string of the molecule is CCN(CC)C1CCN(c2nc(NCC(c3ccccc3)c3ccccc3)c3ncn([C@@H]4O[C@H](CO)[C@@H](O)[C@H]4O)c3n2)C1. The Morgan fingerprint density at radius 1 is 0.977 bits per heavy atom. The lowest BCUT2D eigenvalue weighted by atomic mass is 9.91. The second-order valence-corrected chi connectivity index (χ2v) is 11.3. The van der Waals surface area contributed by atoms with Crippen LogP contribution in [-0.4, -0.2) is 103 Å². The number of hydrogen-bond acceptors (Lipinski definition) is 10. The third-order valence-corrected chi connectivity index (χ3v) is 8.85. The van der Waals surface area contributed by atoms with Crippen molar-refractivity contribution >= 4 is 22.9 Å². The number of anilines is 2. The third kappa shape index (κ3) is 5.83. The van der Waals surface area contributed by atoms with Crippen LogP contribution in [0.1, 0.15) is 43.5 Å². The fraction of sp³-hybridized carbons (Fsp3) is 0.469. The van der Waals surface area contributed by atoms with Gasteiger partial charge in [-0.05, 0) is 30.6 Å². The van der Waals surface area contributed by atoms with Gasteiger partial charge in [0.25, 0.3) is 0 Å². The molecular weight excluding hydrogens is 546 g/mol. The maximum absolute atomic E-state index is 10.8. The summed E-state index contributed by atoms with van der Waals surface area (Å²) in [4.78, 5) is 19.3. The number of fused-ring (bicyclic) bond motifs is 1. The molecule has 0 saturated carbocycles. The topological polar surface area (TPSA) is 132 Å². The van der Waals surface area contributed by atoms with E-state index in [0.29, 0.717) is 35.5 Å². The van der Waals surface area contributed by atoms with Crippen molar-refractivity contribution < 1.29 is 20.1 Å². The molecule has 0 amide bonds. The average molecular weight is 588 g/mol. The maximum atomic E-state index is 10.8. The summed E-state index contributed by atoms with van der Waals surface area (Å²) in [6.07, 6.45) is -1.74. The van der Waals surface area contributed by atoms with E-state index in [1.807, 2.05) is 12.1 Å². The van der Waals surface area contributed by atoms with Gasteiger partial charge >= 0.3 is 0 Å². The predicted molar refractivity (Wildman–Crippen MR) is 165 cm³/mol. The first-order valence-corrected chi connectivity index (χ1v) is 15.2. The highest BCUT2D eigenvalue weighted by Crippen LogP contribution is 2.34. The molecule has 4 aromatic rings. The van der Waals surface area contributed by atoms with Gasteiger partial charge in [-0.2, -0.15) is 9.97 Å². The van der Waals surface area contributed by atoms with E-state index in [4.69, 9.17) is 14.7 Å². The molecular formula is C32H41N7O4. The van der Waals surface area contributed by atoms with Crippen LogP contribution in [0.5, 0.6) is 0 Å². The van der Waals surface area contributed by atoms with Gasteiger partial charge in [-0.15, -0.1) is 0 Å². The fourth-order valence-corrected chi connectivity index (χ4v) is 6.42. The second-order valence-electron chi connectivity index (χ2n) is 11.3. The molecule has 11 nitrogen and oxygen atoms in total. The number of nitrogens with zero attached hydrogens (tertiary/aromatic N) is 6. The molecule has 2 fully saturated rings. The second kappa shape index (κ2) is 12.9. The molecule has 11 heteroatoms. The molecule has 0 spiro atoms. The van der Waals surface area contributed by atoms with Crippen LogP contribution in [-0.2, 0) is 4.74 Å². The number of hydrogen-bond donors (Lipinski definition) is 4. The van der Waals surface area contributed by atoms with Crippen LogP contribution in [0.4, 0.5) is 11.8 Å².